The second-order valence-electron chi connectivity index (χ2n) is 5.25. The third-order valence-corrected chi connectivity index (χ3v) is 4.02. The first-order valence-electron chi connectivity index (χ1n) is 7.37. The van der Waals surface area contributed by atoms with Gasteiger partial charge < -0.3 is 16.0 Å². The molecular weight excluding hydrogens is 242 g/mol. The maximum atomic E-state index is 12.0. The zero-order chi connectivity index (χ0) is 14.3. The molecule has 1 saturated carbocycles. The highest BCUT2D eigenvalue weighted by atomic mass is 16.2. The first kappa shape index (κ1) is 16.0. The number of rotatable bonds is 6. The van der Waals surface area contributed by atoms with Crippen LogP contribution in [-0.4, -0.2) is 42.9 Å². The average molecular weight is 269 g/mol. The van der Waals surface area contributed by atoms with E-state index in [9.17, 15) is 9.59 Å². The van der Waals surface area contributed by atoms with E-state index in [0.29, 0.717) is 25.6 Å². The maximum Gasteiger partial charge on any atom is 0.241 e. The highest BCUT2D eigenvalue weighted by Crippen LogP contribution is 2.28. The van der Waals surface area contributed by atoms with Crippen molar-refractivity contribution in [3.63, 3.8) is 0 Å². The lowest BCUT2D eigenvalue weighted by Crippen LogP contribution is -2.42. The summed E-state index contributed by atoms with van der Waals surface area (Å²) < 4.78 is 0. The van der Waals surface area contributed by atoms with E-state index in [1.165, 1.54) is 0 Å². The largest absolute Gasteiger partial charge is 0.347 e. The van der Waals surface area contributed by atoms with Crippen molar-refractivity contribution in [2.75, 3.05) is 26.2 Å². The number of nitrogens with one attached hydrogen (secondary N) is 1. The zero-order valence-corrected chi connectivity index (χ0v) is 12.2. The Morgan fingerprint density at radius 1 is 1.26 bits per heavy atom. The highest BCUT2D eigenvalue weighted by molar-refractivity contribution is 5.85. The normalized spacial score (nSPS) is 22.9. The zero-order valence-electron chi connectivity index (χ0n) is 12.2. The molecule has 5 heteroatoms. The fourth-order valence-corrected chi connectivity index (χ4v) is 2.74. The van der Waals surface area contributed by atoms with E-state index < -0.39 is 0 Å². The van der Waals surface area contributed by atoms with E-state index in [4.69, 9.17) is 5.73 Å². The van der Waals surface area contributed by atoms with Gasteiger partial charge in [-0.05, 0) is 45.6 Å². The quantitative estimate of drug-likeness (QED) is 0.746. The Balaban J connectivity index is 2.36. The van der Waals surface area contributed by atoms with Crippen LogP contribution >= 0.6 is 0 Å². The molecule has 1 rings (SSSR count). The van der Waals surface area contributed by atoms with E-state index in [1.54, 1.807) is 4.90 Å². The molecule has 0 saturated heterocycles. The molecule has 0 bridgehead atoms. The van der Waals surface area contributed by atoms with E-state index in [0.717, 1.165) is 25.7 Å². The number of likely N-dealkylation sites (N-methyl/N-ethyl adjacent to an activating group) is 1. The molecule has 19 heavy (non-hydrogen) atoms. The van der Waals surface area contributed by atoms with Crippen LogP contribution in [0.5, 0.6) is 0 Å². The lowest BCUT2D eigenvalue weighted by Gasteiger charge is -2.27. The average Bonchev–Trinajstić information content (AvgIpc) is 2.46. The van der Waals surface area contributed by atoms with Crippen LogP contribution in [0.1, 0.15) is 39.5 Å². The van der Waals surface area contributed by atoms with Gasteiger partial charge in [-0.2, -0.15) is 0 Å². The lowest BCUT2D eigenvalue weighted by atomic mass is 9.81. The molecule has 3 N–H and O–H groups in total. The van der Waals surface area contributed by atoms with Gasteiger partial charge in [-0.15, -0.1) is 0 Å². The highest BCUT2D eigenvalue weighted by Gasteiger charge is 2.26. The third-order valence-electron chi connectivity index (χ3n) is 4.02. The van der Waals surface area contributed by atoms with Gasteiger partial charge in [0, 0.05) is 19.0 Å². The van der Waals surface area contributed by atoms with Crippen molar-refractivity contribution in [1.29, 1.82) is 0 Å². The molecule has 1 aliphatic carbocycles. The SMILES string of the molecule is CCN(CC)C(=O)CNC(=O)C1CCCC(CN)C1. The van der Waals surface area contributed by atoms with Crippen molar-refractivity contribution in [3.8, 4) is 0 Å². The second-order valence-corrected chi connectivity index (χ2v) is 5.25. The molecule has 0 aliphatic heterocycles. The van der Waals surface area contributed by atoms with Crippen LogP contribution in [0.2, 0.25) is 0 Å². The Kier molecular flexibility index (Phi) is 6.84. The van der Waals surface area contributed by atoms with E-state index in [-0.39, 0.29) is 24.3 Å². The molecule has 0 spiro atoms. The standard InChI is InChI=1S/C14H27N3O2/c1-3-17(4-2)13(18)10-16-14(19)12-7-5-6-11(8-12)9-15/h11-12H,3-10,15H2,1-2H3,(H,16,19). The number of carbonyl (C=O) groups excluding carboxylic acids is 2. The fraction of sp³-hybridized carbons (Fsp3) is 0.857. The number of hydrogen-bond donors (Lipinski definition) is 2. The summed E-state index contributed by atoms with van der Waals surface area (Å²) in [5.41, 5.74) is 5.67. The first-order chi connectivity index (χ1) is 9.12. The summed E-state index contributed by atoms with van der Waals surface area (Å²) in [6.45, 7) is 6.02. The van der Waals surface area contributed by atoms with Gasteiger partial charge in [0.25, 0.3) is 0 Å². The minimum atomic E-state index is -0.00969. The summed E-state index contributed by atoms with van der Waals surface area (Å²) in [5, 5.41) is 2.77. The van der Waals surface area contributed by atoms with E-state index in [2.05, 4.69) is 5.32 Å². The Hall–Kier alpha value is -1.10. The molecule has 2 amide bonds. The van der Waals surface area contributed by atoms with Crippen molar-refractivity contribution in [2.24, 2.45) is 17.6 Å². The molecule has 2 unspecified atom stereocenters. The molecule has 110 valence electrons. The van der Waals surface area contributed by atoms with Crippen LogP contribution in [0.25, 0.3) is 0 Å². The lowest BCUT2D eigenvalue weighted by molar-refractivity contribution is -0.134. The second kappa shape index (κ2) is 8.15. The number of hydrogen-bond acceptors (Lipinski definition) is 3. The van der Waals surface area contributed by atoms with Gasteiger partial charge in [0.05, 0.1) is 6.54 Å². The summed E-state index contributed by atoms with van der Waals surface area (Å²) in [4.78, 5) is 25.6. The molecule has 5 nitrogen and oxygen atoms in total. The van der Waals surface area contributed by atoms with Crippen molar-refractivity contribution < 1.29 is 9.59 Å². The van der Waals surface area contributed by atoms with Gasteiger partial charge in [0.1, 0.15) is 0 Å². The minimum absolute atomic E-state index is 0.00969. The Morgan fingerprint density at radius 3 is 2.53 bits per heavy atom. The van der Waals surface area contributed by atoms with Crippen molar-refractivity contribution in [1.82, 2.24) is 10.2 Å². The number of amides is 2. The van der Waals surface area contributed by atoms with Crippen molar-refractivity contribution >= 4 is 11.8 Å². The first-order valence-corrected chi connectivity index (χ1v) is 7.37. The van der Waals surface area contributed by atoms with Gasteiger partial charge in [0.15, 0.2) is 0 Å². The molecule has 1 aliphatic rings. The van der Waals surface area contributed by atoms with Crippen LogP contribution in [-0.2, 0) is 9.59 Å². The summed E-state index contributed by atoms with van der Waals surface area (Å²) in [6.07, 6.45) is 3.96. The Bertz CT molecular complexity index is 303. The topological polar surface area (TPSA) is 75.4 Å². The summed E-state index contributed by atoms with van der Waals surface area (Å²) >= 11 is 0. The number of nitrogens with zero attached hydrogens (tertiary/aromatic N) is 1. The van der Waals surface area contributed by atoms with Gasteiger partial charge in [-0.25, -0.2) is 0 Å². The van der Waals surface area contributed by atoms with Crippen molar-refractivity contribution in [2.45, 2.75) is 39.5 Å². The molecule has 0 radical (unpaired) electrons. The smallest absolute Gasteiger partial charge is 0.241 e. The summed E-state index contributed by atoms with van der Waals surface area (Å²) in [5.74, 6) is 0.498. The predicted octanol–water partition coefficient (Wildman–Crippen LogP) is 0.736. The number of nitrogens with two attached hydrogens (primary N) is 1. The molecule has 0 aromatic carbocycles. The third kappa shape index (κ3) is 4.82. The molecule has 2 atom stereocenters. The minimum Gasteiger partial charge on any atom is -0.347 e. The molecule has 0 aromatic heterocycles. The van der Waals surface area contributed by atoms with Crippen molar-refractivity contribution in [3.05, 3.63) is 0 Å². The van der Waals surface area contributed by atoms with Gasteiger partial charge in [-0.1, -0.05) is 6.42 Å². The van der Waals surface area contributed by atoms with Crippen LogP contribution in [0.15, 0.2) is 0 Å². The maximum absolute atomic E-state index is 12.0. The summed E-state index contributed by atoms with van der Waals surface area (Å²) in [7, 11) is 0. The van der Waals surface area contributed by atoms with Crippen LogP contribution < -0.4 is 11.1 Å². The molecular formula is C14H27N3O2. The monoisotopic (exact) mass is 269 g/mol. The van der Waals surface area contributed by atoms with Gasteiger partial charge in [0.2, 0.25) is 11.8 Å². The number of carbonyl (C=O) groups is 2. The van der Waals surface area contributed by atoms with Crippen LogP contribution in [0.4, 0.5) is 0 Å². The van der Waals surface area contributed by atoms with Gasteiger partial charge in [-0.3, -0.25) is 9.59 Å². The Labute approximate surface area is 115 Å². The molecule has 0 heterocycles. The fourth-order valence-electron chi connectivity index (χ4n) is 2.74. The van der Waals surface area contributed by atoms with Crippen LogP contribution in [0.3, 0.4) is 0 Å². The van der Waals surface area contributed by atoms with E-state index in [1.807, 2.05) is 13.8 Å². The summed E-state index contributed by atoms with van der Waals surface area (Å²) in [6, 6.07) is 0. The van der Waals surface area contributed by atoms with Gasteiger partial charge >= 0.3 is 0 Å². The Morgan fingerprint density at radius 2 is 1.95 bits per heavy atom. The van der Waals surface area contributed by atoms with E-state index >= 15 is 0 Å². The predicted molar refractivity (Wildman–Crippen MR) is 75.4 cm³/mol. The molecule has 1 fully saturated rings. The van der Waals surface area contributed by atoms with Crippen LogP contribution in [0, 0.1) is 11.8 Å². The molecule has 0 aromatic rings.